The summed E-state index contributed by atoms with van der Waals surface area (Å²) < 4.78 is 9.43. The van der Waals surface area contributed by atoms with Crippen molar-refractivity contribution in [3.63, 3.8) is 0 Å². The zero-order chi connectivity index (χ0) is 19.5. The first kappa shape index (κ1) is 18.2. The molecule has 1 aliphatic carbocycles. The number of amides is 1. The van der Waals surface area contributed by atoms with Gasteiger partial charge in [-0.3, -0.25) is 4.79 Å². The molecule has 1 amide bonds. The number of benzene rings is 1. The third-order valence-corrected chi connectivity index (χ3v) is 5.15. The first-order chi connectivity index (χ1) is 13.6. The Kier molecular flexibility index (Phi) is 5.10. The Hall–Kier alpha value is -3.16. The number of aromatic nitrogens is 5. The van der Waals surface area contributed by atoms with Crippen LogP contribution in [0.4, 0.5) is 0 Å². The van der Waals surface area contributed by atoms with Crippen LogP contribution >= 0.6 is 0 Å². The number of imidazole rings is 1. The van der Waals surface area contributed by atoms with E-state index in [0.29, 0.717) is 24.6 Å². The lowest BCUT2D eigenvalue weighted by atomic mass is 9.79. The SMILES string of the molecule is CCOc1ccc(C(=O)NC2CC(c3nnc(Cn4ccnc4)n3C)C2)cc1. The van der Waals surface area contributed by atoms with E-state index in [4.69, 9.17) is 4.74 Å². The third-order valence-electron chi connectivity index (χ3n) is 5.15. The number of rotatable bonds is 7. The van der Waals surface area contributed by atoms with Crippen LogP contribution in [0.1, 0.15) is 47.7 Å². The van der Waals surface area contributed by atoms with E-state index in [1.165, 1.54) is 0 Å². The van der Waals surface area contributed by atoms with Crippen molar-refractivity contribution in [1.29, 1.82) is 0 Å². The average molecular weight is 380 g/mol. The molecule has 0 spiro atoms. The minimum atomic E-state index is -0.0507. The molecule has 8 nitrogen and oxygen atoms in total. The summed E-state index contributed by atoms with van der Waals surface area (Å²) in [7, 11) is 1.99. The average Bonchev–Trinajstić information content (AvgIpc) is 3.30. The number of ether oxygens (including phenoxy) is 1. The van der Waals surface area contributed by atoms with Crippen LogP contribution in [0.3, 0.4) is 0 Å². The Morgan fingerprint density at radius 2 is 2.04 bits per heavy atom. The summed E-state index contributed by atoms with van der Waals surface area (Å²) >= 11 is 0. The van der Waals surface area contributed by atoms with E-state index in [1.54, 1.807) is 24.7 Å². The van der Waals surface area contributed by atoms with Gasteiger partial charge in [-0.05, 0) is 44.0 Å². The Labute approximate surface area is 163 Å². The fourth-order valence-corrected chi connectivity index (χ4v) is 3.50. The smallest absolute Gasteiger partial charge is 0.251 e. The molecule has 1 aliphatic rings. The number of carbonyl (C=O) groups excluding carboxylic acids is 1. The molecular formula is C20H24N6O2. The van der Waals surface area contributed by atoms with Crippen LogP contribution in [0.2, 0.25) is 0 Å². The highest BCUT2D eigenvalue weighted by molar-refractivity contribution is 5.94. The molecule has 2 heterocycles. The molecule has 1 fully saturated rings. The lowest BCUT2D eigenvalue weighted by Gasteiger charge is -2.35. The largest absolute Gasteiger partial charge is 0.494 e. The molecule has 0 unspecified atom stereocenters. The summed E-state index contributed by atoms with van der Waals surface area (Å²) in [6.45, 7) is 3.20. The molecule has 28 heavy (non-hydrogen) atoms. The molecule has 0 radical (unpaired) electrons. The maximum Gasteiger partial charge on any atom is 0.251 e. The van der Waals surface area contributed by atoms with Crippen molar-refractivity contribution in [2.75, 3.05) is 6.61 Å². The zero-order valence-corrected chi connectivity index (χ0v) is 16.1. The summed E-state index contributed by atoms with van der Waals surface area (Å²) in [6.07, 6.45) is 7.18. The molecule has 1 saturated carbocycles. The van der Waals surface area contributed by atoms with Crippen LogP contribution in [0.15, 0.2) is 43.0 Å². The molecular weight excluding hydrogens is 356 g/mol. The zero-order valence-electron chi connectivity index (χ0n) is 16.1. The van der Waals surface area contributed by atoms with Gasteiger partial charge in [0.2, 0.25) is 0 Å². The molecule has 1 aromatic carbocycles. The van der Waals surface area contributed by atoms with E-state index < -0.39 is 0 Å². The van der Waals surface area contributed by atoms with Crippen molar-refractivity contribution in [3.05, 3.63) is 60.2 Å². The lowest BCUT2D eigenvalue weighted by molar-refractivity contribution is 0.0907. The van der Waals surface area contributed by atoms with Crippen molar-refractivity contribution in [1.82, 2.24) is 29.6 Å². The van der Waals surface area contributed by atoms with Crippen LogP contribution in [0, 0.1) is 0 Å². The Balaban J connectivity index is 1.31. The fraction of sp³-hybridized carbons (Fsp3) is 0.400. The maximum atomic E-state index is 12.4. The number of hydrogen-bond acceptors (Lipinski definition) is 5. The van der Waals surface area contributed by atoms with E-state index in [0.717, 1.165) is 30.2 Å². The summed E-state index contributed by atoms with van der Waals surface area (Å²) in [5, 5.41) is 11.8. The monoisotopic (exact) mass is 380 g/mol. The van der Waals surface area contributed by atoms with Crippen LogP contribution in [0.25, 0.3) is 0 Å². The molecule has 146 valence electrons. The summed E-state index contributed by atoms with van der Waals surface area (Å²) in [6, 6.07) is 7.40. The first-order valence-electron chi connectivity index (χ1n) is 9.51. The van der Waals surface area contributed by atoms with Gasteiger partial charge in [-0.2, -0.15) is 0 Å². The number of carbonyl (C=O) groups is 1. The van der Waals surface area contributed by atoms with Gasteiger partial charge >= 0.3 is 0 Å². The molecule has 8 heteroatoms. The van der Waals surface area contributed by atoms with Gasteiger partial charge in [0.25, 0.3) is 5.91 Å². The lowest BCUT2D eigenvalue weighted by Crippen LogP contribution is -2.44. The molecule has 3 aromatic rings. The number of nitrogens with one attached hydrogen (secondary N) is 1. The highest BCUT2D eigenvalue weighted by Gasteiger charge is 2.35. The maximum absolute atomic E-state index is 12.4. The minimum absolute atomic E-state index is 0.0507. The summed E-state index contributed by atoms with van der Waals surface area (Å²) in [5.74, 6) is 2.91. The van der Waals surface area contributed by atoms with Gasteiger partial charge in [-0.15, -0.1) is 10.2 Å². The summed E-state index contributed by atoms with van der Waals surface area (Å²) in [5.41, 5.74) is 0.646. The van der Waals surface area contributed by atoms with Crippen LogP contribution < -0.4 is 10.1 Å². The second kappa shape index (κ2) is 7.84. The predicted octanol–water partition coefficient (Wildman–Crippen LogP) is 2.13. The standard InChI is InChI=1S/C20H24N6O2/c1-3-28-17-6-4-14(5-7-17)20(27)22-16-10-15(11-16)19-24-23-18(25(19)2)12-26-9-8-21-13-26/h4-9,13,15-16H,3,10-12H2,1-2H3,(H,22,27). The Morgan fingerprint density at radius 1 is 1.25 bits per heavy atom. The second-order valence-corrected chi connectivity index (χ2v) is 7.06. The fourth-order valence-electron chi connectivity index (χ4n) is 3.50. The molecule has 1 N–H and O–H groups in total. The van der Waals surface area contributed by atoms with E-state index in [2.05, 4.69) is 25.1 Å². The first-order valence-corrected chi connectivity index (χ1v) is 9.51. The van der Waals surface area contributed by atoms with Crippen LogP contribution in [-0.4, -0.2) is 42.9 Å². The molecule has 4 rings (SSSR count). The van der Waals surface area contributed by atoms with Crippen LogP contribution in [-0.2, 0) is 13.6 Å². The van der Waals surface area contributed by atoms with E-state index >= 15 is 0 Å². The summed E-state index contributed by atoms with van der Waals surface area (Å²) in [4.78, 5) is 16.5. The van der Waals surface area contributed by atoms with Crippen molar-refractivity contribution >= 4 is 5.91 Å². The van der Waals surface area contributed by atoms with Crippen molar-refractivity contribution in [2.24, 2.45) is 7.05 Å². The van der Waals surface area contributed by atoms with Gasteiger partial charge in [0.05, 0.1) is 19.5 Å². The normalized spacial score (nSPS) is 18.5. The third kappa shape index (κ3) is 3.76. The van der Waals surface area contributed by atoms with Gasteiger partial charge in [0.15, 0.2) is 5.82 Å². The number of hydrogen-bond donors (Lipinski definition) is 1. The molecule has 0 bridgehead atoms. The molecule has 2 aromatic heterocycles. The highest BCUT2D eigenvalue weighted by Crippen LogP contribution is 2.36. The van der Waals surface area contributed by atoms with Crippen molar-refractivity contribution < 1.29 is 9.53 Å². The molecule has 0 aliphatic heterocycles. The van der Waals surface area contributed by atoms with Gasteiger partial charge in [0, 0.05) is 37.0 Å². The minimum Gasteiger partial charge on any atom is -0.494 e. The molecule has 0 saturated heterocycles. The quantitative estimate of drug-likeness (QED) is 0.679. The Bertz CT molecular complexity index is 926. The van der Waals surface area contributed by atoms with Crippen LogP contribution in [0.5, 0.6) is 5.75 Å². The highest BCUT2D eigenvalue weighted by atomic mass is 16.5. The van der Waals surface area contributed by atoms with E-state index in [1.807, 2.05) is 36.9 Å². The second-order valence-electron chi connectivity index (χ2n) is 7.06. The van der Waals surface area contributed by atoms with E-state index in [-0.39, 0.29) is 11.9 Å². The topological polar surface area (TPSA) is 86.9 Å². The predicted molar refractivity (Wildman–Crippen MR) is 103 cm³/mol. The Morgan fingerprint density at radius 3 is 2.71 bits per heavy atom. The van der Waals surface area contributed by atoms with Crippen molar-refractivity contribution in [2.45, 2.75) is 38.3 Å². The van der Waals surface area contributed by atoms with Crippen molar-refractivity contribution in [3.8, 4) is 5.75 Å². The van der Waals surface area contributed by atoms with Gasteiger partial charge in [0.1, 0.15) is 11.6 Å². The number of nitrogens with zero attached hydrogens (tertiary/aromatic N) is 5. The van der Waals surface area contributed by atoms with Gasteiger partial charge < -0.3 is 19.2 Å². The van der Waals surface area contributed by atoms with E-state index in [9.17, 15) is 4.79 Å². The van der Waals surface area contributed by atoms with Gasteiger partial charge in [-0.25, -0.2) is 4.98 Å². The van der Waals surface area contributed by atoms with Gasteiger partial charge in [-0.1, -0.05) is 0 Å². The molecule has 0 atom stereocenters.